The van der Waals surface area contributed by atoms with Crippen molar-refractivity contribution >= 4 is 17.8 Å². The average molecular weight is 785 g/mol. The first kappa shape index (κ1) is 51.3. The maximum Gasteiger partial charge on any atom is 0.330 e. The Balaban J connectivity index is 2.31. The van der Waals surface area contributed by atoms with E-state index in [2.05, 4.69) is 78.0 Å². The second-order valence-corrected chi connectivity index (χ2v) is 15.5. The van der Waals surface area contributed by atoms with Crippen molar-refractivity contribution in [2.45, 2.75) is 180 Å². The number of aliphatic hydroxyl groups excluding tert-OH is 1. The Morgan fingerprint density at radius 2 is 1.04 bits per heavy atom. The maximum absolute atomic E-state index is 13.1. The van der Waals surface area contributed by atoms with Crippen LogP contribution in [-0.4, -0.2) is 91.3 Å². The van der Waals surface area contributed by atoms with E-state index in [0.29, 0.717) is 19.6 Å². The van der Waals surface area contributed by atoms with Crippen molar-refractivity contribution in [3.8, 4) is 0 Å². The molecule has 56 heavy (non-hydrogen) atoms. The molecule has 0 aromatic heterocycles. The second kappa shape index (κ2) is 39.1. The molecular formula is C47H84N4O5. The van der Waals surface area contributed by atoms with Gasteiger partial charge in [-0.25, -0.2) is 4.79 Å². The quantitative estimate of drug-likeness (QED) is 0.0327. The van der Waals surface area contributed by atoms with Gasteiger partial charge in [0.1, 0.15) is 6.04 Å². The fraction of sp³-hybridized carbons (Fsp3) is 0.766. The number of aliphatic hydroxyl groups is 1. The summed E-state index contributed by atoms with van der Waals surface area (Å²) in [6.45, 7) is 8.56. The molecule has 3 N–H and O–H groups in total. The molecule has 1 aliphatic rings. The van der Waals surface area contributed by atoms with Crippen LogP contribution in [0.2, 0.25) is 0 Å². The van der Waals surface area contributed by atoms with Gasteiger partial charge in [0.25, 0.3) is 0 Å². The van der Waals surface area contributed by atoms with Gasteiger partial charge in [-0.2, -0.15) is 0 Å². The number of carbonyl (C=O) groups is 3. The van der Waals surface area contributed by atoms with Crippen LogP contribution >= 0.6 is 0 Å². The van der Waals surface area contributed by atoms with Gasteiger partial charge in [-0.05, 0) is 77.0 Å². The van der Waals surface area contributed by atoms with Gasteiger partial charge in [-0.1, -0.05) is 133 Å². The minimum absolute atomic E-state index is 0.0303. The number of esters is 1. The van der Waals surface area contributed by atoms with Crippen molar-refractivity contribution in [3.63, 3.8) is 0 Å². The lowest BCUT2D eigenvalue weighted by Gasteiger charge is -2.33. The van der Waals surface area contributed by atoms with Gasteiger partial charge in [0, 0.05) is 52.1 Å². The van der Waals surface area contributed by atoms with E-state index in [4.69, 9.17) is 4.74 Å². The molecule has 1 rings (SSSR count). The van der Waals surface area contributed by atoms with Crippen molar-refractivity contribution in [2.75, 3.05) is 52.6 Å². The van der Waals surface area contributed by atoms with Crippen LogP contribution in [0.25, 0.3) is 0 Å². The Bertz CT molecular complexity index is 1070. The zero-order valence-corrected chi connectivity index (χ0v) is 36.0. The Hall–Kier alpha value is -2.75. The Morgan fingerprint density at radius 3 is 1.55 bits per heavy atom. The molecule has 0 saturated carbocycles. The largest absolute Gasteiger partial charge is 0.464 e. The molecule has 9 nitrogen and oxygen atoms in total. The van der Waals surface area contributed by atoms with Gasteiger partial charge in [0.05, 0.1) is 13.3 Å². The molecule has 322 valence electrons. The Labute approximate surface area is 343 Å². The summed E-state index contributed by atoms with van der Waals surface area (Å²) in [5.41, 5.74) is 0. The number of amides is 2. The van der Waals surface area contributed by atoms with E-state index in [9.17, 15) is 19.5 Å². The predicted octanol–water partition coefficient (Wildman–Crippen LogP) is 9.72. The third kappa shape index (κ3) is 32.3. The van der Waals surface area contributed by atoms with E-state index < -0.39 is 12.0 Å². The van der Waals surface area contributed by atoms with Crippen LogP contribution in [0, 0.1) is 0 Å². The first-order chi connectivity index (χ1) is 27.5. The first-order valence-electron chi connectivity index (χ1n) is 22.9. The smallest absolute Gasteiger partial charge is 0.330 e. The standard InChI is InChI=1S/C47H84N4O5/c1-3-5-7-9-11-13-15-17-19-21-23-25-27-29-31-33-41-56-47(55)44(49-46(54)35-36-50-37-39-51(43-52)40-38-50)42-48-45(53)34-32-30-28-26-24-22-20-18-16-14-12-10-8-6-4-2/h11-14,17-20,44,52H,3-10,15-16,21-43H2,1-2H3,(H,48,53)(H,49,54)/b13-11-,14-12-,19-17-,20-18-. The zero-order valence-electron chi connectivity index (χ0n) is 36.0. The highest BCUT2D eigenvalue weighted by Crippen LogP contribution is 2.10. The Kier molecular flexibility index (Phi) is 35.8. The first-order valence-corrected chi connectivity index (χ1v) is 22.9. The highest BCUT2D eigenvalue weighted by molar-refractivity contribution is 5.85. The molecule has 0 bridgehead atoms. The molecule has 1 saturated heterocycles. The average Bonchev–Trinajstić information content (AvgIpc) is 3.21. The van der Waals surface area contributed by atoms with E-state index in [-0.39, 0.29) is 31.5 Å². The van der Waals surface area contributed by atoms with Crippen LogP contribution in [-0.2, 0) is 19.1 Å². The number of ether oxygens (including phenoxy) is 1. The fourth-order valence-electron chi connectivity index (χ4n) is 6.64. The van der Waals surface area contributed by atoms with Gasteiger partial charge in [0.2, 0.25) is 11.8 Å². The monoisotopic (exact) mass is 785 g/mol. The summed E-state index contributed by atoms with van der Waals surface area (Å²) in [5.74, 6) is -0.822. The number of piperazine rings is 1. The lowest BCUT2D eigenvalue weighted by molar-refractivity contribution is -0.148. The minimum Gasteiger partial charge on any atom is -0.464 e. The highest BCUT2D eigenvalue weighted by atomic mass is 16.5. The van der Waals surface area contributed by atoms with Crippen LogP contribution in [0.3, 0.4) is 0 Å². The molecule has 2 amide bonds. The van der Waals surface area contributed by atoms with E-state index in [1.54, 1.807) is 0 Å². The number of hydrogen-bond acceptors (Lipinski definition) is 7. The molecule has 1 atom stereocenters. The molecule has 0 aromatic rings. The van der Waals surface area contributed by atoms with Gasteiger partial charge < -0.3 is 25.4 Å². The number of nitrogens with zero attached hydrogens (tertiary/aromatic N) is 2. The molecular weight excluding hydrogens is 701 g/mol. The molecule has 0 aromatic carbocycles. The molecule has 0 spiro atoms. The highest BCUT2D eigenvalue weighted by Gasteiger charge is 2.24. The molecule has 0 radical (unpaired) electrons. The lowest BCUT2D eigenvalue weighted by atomic mass is 10.1. The fourth-order valence-corrected chi connectivity index (χ4v) is 6.64. The van der Waals surface area contributed by atoms with Gasteiger partial charge in [-0.15, -0.1) is 0 Å². The second-order valence-electron chi connectivity index (χ2n) is 15.5. The van der Waals surface area contributed by atoms with E-state index in [1.807, 2.05) is 4.90 Å². The predicted molar refractivity (Wildman–Crippen MR) is 234 cm³/mol. The summed E-state index contributed by atoms with van der Waals surface area (Å²) in [4.78, 5) is 42.8. The third-order valence-electron chi connectivity index (χ3n) is 10.4. The van der Waals surface area contributed by atoms with E-state index in [1.165, 1.54) is 77.0 Å². The summed E-state index contributed by atoms with van der Waals surface area (Å²) in [7, 11) is 0. The van der Waals surface area contributed by atoms with Crippen molar-refractivity contribution < 1.29 is 24.2 Å². The summed E-state index contributed by atoms with van der Waals surface area (Å²) in [5, 5.41) is 15.1. The molecule has 1 unspecified atom stereocenters. The topological polar surface area (TPSA) is 111 Å². The van der Waals surface area contributed by atoms with Crippen LogP contribution in [0.4, 0.5) is 0 Å². The molecule has 1 fully saturated rings. The van der Waals surface area contributed by atoms with Crippen molar-refractivity contribution in [1.29, 1.82) is 0 Å². The number of carbonyl (C=O) groups excluding carboxylic acids is 3. The van der Waals surface area contributed by atoms with Crippen LogP contribution in [0.1, 0.15) is 174 Å². The van der Waals surface area contributed by atoms with Crippen molar-refractivity contribution in [2.24, 2.45) is 0 Å². The number of unbranched alkanes of at least 4 members (excludes halogenated alkanes) is 17. The number of allylic oxidation sites excluding steroid dienone is 8. The molecule has 9 heteroatoms. The molecule has 0 aliphatic carbocycles. The van der Waals surface area contributed by atoms with Crippen LogP contribution in [0.15, 0.2) is 48.6 Å². The number of rotatable bonds is 37. The lowest BCUT2D eigenvalue weighted by Crippen LogP contribution is -2.50. The Morgan fingerprint density at radius 1 is 0.571 bits per heavy atom. The summed E-state index contributed by atoms with van der Waals surface area (Å²) in [6.07, 6.45) is 45.0. The van der Waals surface area contributed by atoms with Gasteiger partial charge >= 0.3 is 5.97 Å². The molecule has 1 heterocycles. The summed E-state index contributed by atoms with van der Waals surface area (Å²) >= 11 is 0. The van der Waals surface area contributed by atoms with Crippen LogP contribution < -0.4 is 10.6 Å². The summed E-state index contributed by atoms with van der Waals surface area (Å²) in [6, 6.07) is -0.910. The van der Waals surface area contributed by atoms with Gasteiger partial charge in [0.15, 0.2) is 0 Å². The zero-order chi connectivity index (χ0) is 40.6. The van der Waals surface area contributed by atoms with Crippen molar-refractivity contribution in [3.05, 3.63) is 48.6 Å². The number of hydrogen-bond donors (Lipinski definition) is 3. The SMILES string of the molecule is CCCCC/C=C\C/C=C\CCCCCCCCOC(=O)C(CNC(=O)CCCCCCC/C=C\C/C=C\CCCCC)NC(=O)CCN1CCN(CO)CC1. The van der Waals surface area contributed by atoms with E-state index in [0.717, 1.165) is 96.8 Å². The maximum atomic E-state index is 13.1. The third-order valence-corrected chi connectivity index (χ3v) is 10.4. The molecule has 1 aliphatic heterocycles. The number of nitrogens with one attached hydrogen (secondary N) is 2. The normalized spacial score (nSPS) is 14.8. The van der Waals surface area contributed by atoms with Crippen LogP contribution in [0.5, 0.6) is 0 Å². The van der Waals surface area contributed by atoms with E-state index >= 15 is 0 Å². The summed E-state index contributed by atoms with van der Waals surface area (Å²) < 4.78 is 5.60. The minimum atomic E-state index is -0.910. The van der Waals surface area contributed by atoms with Gasteiger partial charge in [-0.3, -0.25) is 14.5 Å². The van der Waals surface area contributed by atoms with Crippen molar-refractivity contribution in [1.82, 2.24) is 20.4 Å².